The van der Waals surface area contributed by atoms with E-state index < -0.39 is 53.4 Å². The predicted octanol–water partition coefficient (Wildman–Crippen LogP) is 9.11. The van der Waals surface area contributed by atoms with E-state index in [4.69, 9.17) is 23.9 Å². The number of ether oxygens (including phenoxy) is 4. The number of aromatic nitrogens is 5. The van der Waals surface area contributed by atoms with E-state index in [0.29, 0.717) is 121 Å². The van der Waals surface area contributed by atoms with E-state index >= 15 is 4.39 Å². The Labute approximate surface area is 414 Å². The zero-order valence-electron chi connectivity index (χ0n) is 39.8. The van der Waals surface area contributed by atoms with Gasteiger partial charge in [0.1, 0.15) is 40.2 Å². The number of hydrogen-bond acceptors (Lipinski definition) is 11. The monoisotopic (exact) mass is 1020 g/mol. The van der Waals surface area contributed by atoms with E-state index in [1.807, 2.05) is 26.0 Å². The third-order valence-corrected chi connectivity index (χ3v) is 15.3. The van der Waals surface area contributed by atoms with Gasteiger partial charge in [0, 0.05) is 42.8 Å². The number of hydrogen-bond donors (Lipinski definition) is 4. The topological polar surface area (TPSA) is 198 Å². The molecule has 0 aliphatic carbocycles. The molecular weight excluding hydrogens is 963 g/mol. The molecule has 10 rings (SSSR count). The summed E-state index contributed by atoms with van der Waals surface area (Å²) in [6.45, 7) is 5.53. The lowest BCUT2D eigenvalue weighted by molar-refractivity contribution is -0.137. The van der Waals surface area contributed by atoms with Crippen molar-refractivity contribution in [1.82, 2.24) is 44.9 Å². The molecular formula is C50H53F4N9O8S. The molecule has 17 nitrogen and oxygen atoms in total. The highest BCUT2D eigenvalue weighted by atomic mass is 32.1. The number of rotatable bonds is 11. The van der Waals surface area contributed by atoms with E-state index in [-0.39, 0.29) is 45.9 Å². The number of likely N-dealkylation sites (tertiary alicyclic amines) is 2. The van der Waals surface area contributed by atoms with Crippen LogP contribution in [0, 0.1) is 17.7 Å². The maximum absolute atomic E-state index is 16.9. The number of carbonyl (C=O) groups excluding carboxylic acids is 4. The molecule has 22 heteroatoms. The van der Waals surface area contributed by atoms with Gasteiger partial charge in [-0.2, -0.15) is 13.2 Å². The number of aromatic amines is 2. The highest BCUT2D eigenvalue weighted by Crippen LogP contribution is 2.49. The molecule has 2 aromatic carbocycles. The molecule has 380 valence electrons. The fourth-order valence-electron chi connectivity index (χ4n) is 10.5. The molecule has 72 heavy (non-hydrogen) atoms. The first-order chi connectivity index (χ1) is 34.6. The number of H-pyrrole nitrogens is 2. The van der Waals surface area contributed by atoms with E-state index in [0.717, 1.165) is 12.5 Å². The number of nitrogens with zero attached hydrogens (tertiary/aromatic N) is 5. The molecule has 3 saturated heterocycles. The Morgan fingerprint density at radius 1 is 0.806 bits per heavy atom. The summed E-state index contributed by atoms with van der Waals surface area (Å²) in [6, 6.07) is 10.2. The van der Waals surface area contributed by atoms with Gasteiger partial charge in [0.2, 0.25) is 18.0 Å². The normalized spacial score (nSPS) is 20.0. The molecule has 3 fully saturated rings. The van der Waals surface area contributed by atoms with E-state index in [2.05, 4.69) is 25.6 Å². The number of thiophene rings is 1. The third kappa shape index (κ3) is 9.13. The first-order valence-corrected chi connectivity index (χ1v) is 24.7. The molecule has 4 aliphatic heterocycles. The molecule has 0 bridgehead atoms. The van der Waals surface area contributed by atoms with Gasteiger partial charge in [-0.3, -0.25) is 14.2 Å². The van der Waals surface area contributed by atoms with Gasteiger partial charge in [0.05, 0.1) is 71.7 Å². The van der Waals surface area contributed by atoms with Crippen LogP contribution in [0.3, 0.4) is 0 Å². The Kier molecular flexibility index (Phi) is 13.2. The number of imidazole rings is 2. The van der Waals surface area contributed by atoms with Crippen molar-refractivity contribution in [3.8, 4) is 39.5 Å². The van der Waals surface area contributed by atoms with Crippen LogP contribution in [0.15, 0.2) is 60.9 Å². The molecule has 0 radical (unpaired) electrons. The van der Waals surface area contributed by atoms with Crippen molar-refractivity contribution in [3.63, 3.8) is 0 Å². The summed E-state index contributed by atoms with van der Waals surface area (Å²) in [6.07, 6.45) is -0.0296. The van der Waals surface area contributed by atoms with Crippen LogP contribution in [0.5, 0.6) is 5.75 Å². The first-order valence-electron chi connectivity index (χ1n) is 23.9. The van der Waals surface area contributed by atoms with E-state index in [1.54, 1.807) is 38.8 Å². The van der Waals surface area contributed by atoms with E-state index in [1.165, 1.54) is 32.5 Å². The lowest BCUT2D eigenvalue weighted by atomic mass is 9.90. The lowest BCUT2D eigenvalue weighted by Gasteiger charge is -2.34. The largest absolute Gasteiger partial charge is 0.464 e. The average molecular weight is 1020 g/mol. The quantitative estimate of drug-likeness (QED) is 0.0909. The zero-order valence-corrected chi connectivity index (χ0v) is 40.6. The second kappa shape index (κ2) is 19.6. The molecule has 6 aromatic rings. The Bertz CT molecular complexity index is 3030. The molecule has 4 aliphatic rings. The average Bonchev–Trinajstić information content (AvgIpc) is 4.24. The number of alkyl carbamates (subject to hydrolysis) is 2. The highest BCUT2D eigenvalue weighted by molar-refractivity contribution is 7.12. The summed E-state index contributed by atoms with van der Waals surface area (Å²) in [5.74, 6) is -0.378. The molecule has 0 saturated carbocycles. The second-order valence-corrected chi connectivity index (χ2v) is 20.0. The van der Waals surface area contributed by atoms with Crippen molar-refractivity contribution in [1.29, 1.82) is 0 Å². The smallest absolute Gasteiger partial charge is 0.425 e. The summed E-state index contributed by atoms with van der Waals surface area (Å²) < 4.78 is 82.5. The Morgan fingerprint density at radius 3 is 2.07 bits per heavy atom. The first kappa shape index (κ1) is 48.7. The van der Waals surface area contributed by atoms with Crippen molar-refractivity contribution in [2.45, 2.75) is 88.9 Å². The minimum absolute atomic E-state index is 0.102. The lowest BCUT2D eigenvalue weighted by Crippen LogP contribution is -2.53. The van der Waals surface area contributed by atoms with Crippen LogP contribution in [0.1, 0.15) is 92.1 Å². The maximum Gasteiger partial charge on any atom is 0.425 e. The van der Waals surface area contributed by atoms with Gasteiger partial charge in [-0.25, -0.2) is 23.9 Å². The number of amides is 4. The number of nitrogens with one attached hydrogen (secondary N) is 4. The van der Waals surface area contributed by atoms with Gasteiger partial charge >= 0.3 is 18.4 Å². The van der Waals surface area contributed by atoms with Gasteiger partial charge in [0.15, 0.2) is 0 Å². The predicted molar refractivity (Wildman–Crippen MR) is 255 cm³/mol. The van der Waals surface area contributed by atoms with Crippen molar-refractivity contribution in [2.75, 3.05) is 40.5 Å². The molecule has 0 unspecified atom stereocenters. The molecule has 4 amide bonds. The zero-order chi connectivity index (χ0) is 50.6. The highest BCUT2D eigenvalue weighted by Gasteiger charge is 2.42. The molecule has 5 atom stereocenters. The van der Waals surface area contributed by atoms with Crippen LogP contribution in [-0.4, -0.2) is 111 Å². The van der Waals surface area contributed by atoms with Gasteiger partial charge in [-0.05, 0) is 92.8 Å². The molecule has 8 heterocycles. The van der Waals surface area contributed by atoms with Crippen molar-refractivity contribution < 1.29 is 55.7 Å². The number of carbonyl (C=O) groups is 4. The SMILES string of the molecule is COC(=O)N[C@H](C(=O)N1CCC[C@H]1c1ncc(-c2cc(F)c3c(c2)O[C@@H](c2ccc(C(F)(F)F)s2)n2c-3cc3cc(-c4cnc([C@@H]5CCCN5C(=O)[C@@H](NC(=O)OC)C5CCOCC5)[nH]4)ccc32)[nH]1)C(C)C. The van der Waals surface area contributed by atoms with Crippen LogP contribution >= 0.6 is 11.3 Å². The third-order valence-electron chi connectivity index (χ3n) is 14.1. The Morgan fingerprint density at radius 2 is 1.44 bits per heavy atom. The number of benzene rings is 2. The van der Waals surface area contributed by atoms with Crippen molar-refractivity contribution in [3.05, 3.63) is 88.1 Å². The van der Waals surface area contributed by atoms with Crippen molar-refractivity contribution in [2.24, 2.45) is 11.8 Å². The molecule has 4 N–H and O–H groups in total. The van der Waals surface area contributed by atoms with Gasteiger partial charge in [-0.15, -0.1) is 11.3 Å². The fourth-order valence-corrected chi connectivity index (χ4v) is 11.4. The Hall–Kier alpha value is -6.94. The number of methoxy groups -OCH3 is 2. The fraction of sp³-hybridized carbons (Fsp3) is 0.440. The number of fused-ring (bicyclic) bond motifs is 5. The molecule has 4 aromatic heterocycles. The summed E-state index contributed by atoms with van der Waals surface area (Å²) in [5.41, 5.74) is 3.21. The van der Waals surface area contributed by atoms with Gasteiger partial charge in [-0.1, -0.05) is 19.9 Å². The maximum atomic E-state index is 16.9. The van der Waals surface area contributed by atoms with Crippen LogP contribution in [0.4, 0.5) is 27.2 Å². The second-order valence-electron chi connectivity index (χ2n) is 18.8. The van der Waals surface area contributed by atoms with Gasteiger partial charge in [0.25, 0.3) is 0 Å². The minimum Gasteiger partial charge on any atom is -0.464 e. The summed E-state index contributed by atoms with van der Waals surface area (Å²) in [4.78, 5) is 71.4. The van der Waals surface area contributed by atoms with Crippen LogP contribution in [0.25, 0.3) is 44.7 Å². The molecule has 0 spiro atoms. The van der Waals surface area contributed by atoms with Crippen LogP contribution < -0.4 is 15.4 Å². The standard InChI is InChI=1S/C50H53F4N9O8S/c1-25(2)41(59-48(66)68-3)45(64)61-15-5-7-34(61)44-56-24-32(58-44)28-20-30(51)40-36-21-29-19-27(9-10-33(29)63(36)47(71-37(40)22-28)38-11-12-39(72-38)50(52,53)54)31-23-55-43(57-31)35-8-6-16-62(35)46(65)42(60-49(67)69-4)26-13-17-70-18-14-26/h9-12,19-26,34-35,41-42,47H,5-8,13-18H2,1-4H3,(H,55,57)(H,56,58)(H,59,66)(H,60,67)/t34-,35-,41-,42-,47-/m0/s1. The summed E-state index contributed by atoms with van der Waals surface area (Å²) in [7, 11) is 2.49. The van der Waals surface area contributed by atoms with E-state index in [9.17, 15) is 32.3 Å². The van der Waals surface area contributed by atoms with Crippen LogP contribution in [0.2, 0.25) is 0 Å². The number of halogens is 4. The van der Waals surface area contributed by atoms with Gasteiger partial charge < -0.3 is 49.3 Å². The van der Waals surface area contributed by atoms with Crippen molar-refractivity contribution >= 4 is 46.2 Å². The van der Waals surface area contributed by atoms with Crippen LogP contribution in [-0.2, 0) is 30.0 Å². The summed E-state index contributed by atoms with van der Waals surface area (Å²) in [5, 5.41) is 6.06. The summed E-state index contributed by atoms with van der Waals surface area (Å²) >= 11 is 0.543. The minimum atomic E-state index is -4.60. The Balaban J connectivity index is 0.963. The number of alkyl halides is 3.